The zero-order valence-electron chi connectivity index (χ0n) is 9.92. The van der Waals surface area contributed by atoms with Crippen LogP contribution in [0.25, 0.3) is 11.4 Å². The van der Waals surface area contributed by atoms with Gasteiger partial charge >= 0.3 is 0 Å². The summed E-state index contributed by atoms with van der Waals surface area (Å²) in [7, 11) is 0. The molecular weight excluding hydrogens is 319 g/mol. The third kappa shape index (κ3) is 2.70. The highest BCUT2D eigenvalue weighted by Crippen LogP contribution is 2.31. The van der Waals surface area contributed by atoms with Crippen LogP contribution in [0.2, 0.25) is 5.15 Å². The molecule has 0 amide bonds. The van der Waals surface area contributed by atoms with Crippen LogP contribution in [-0.2, 0) is 0 Å². The molecule has 0 radical (unpaired) electrons. The highest BCUT2D eigenvalue weighted by molar-refractivity contribution is 9.10. The van der Waals surface area contributed by atoms with Crippen LogP contribution in [0, 0.1) is 5.82 Å². The van der Waals surface area contributed by atoms with Crippen LogP contribution in [0.3, 0.4) is 0 Å². The maximum atomic E-state index is 13.2. The van der Waals surface area contributed by atoms with Crippen molar-refractivity contribution in [3.63, 3.8) is 0 Å². The Balaban J connectivity index is 2.59. The minimum Gasteiger partial charge on any atom is -0.232 e. The summed E-state index contributed by atoms with van der Waals surface area (Å²) in [5.74, 6) is 0.319. The molecule has 1 aromatic heterocycles. The Morgan fingerprint density at radius 3 is 2.61 bits per heavy atom. The lowest BCUT2D eigenvalue weighted by Gasteiger charge is -2.10. The maximum absolute atomic E-state index is 13.2. The van der Waals surface area contributed by atoms with Gasteiger partial charge in [0.2, 0.25) is 0 Å². The topological polar surface area (TPSA) is 25.8 Å². The number of hydrogen-bond acceptors (Lipinski definition) is 2. The monoisotopic (exact) mass is 328 g/mol. The van der Waals surface area contributed by atoms with E-state index in [4.69, 9.17) is 11.6 Å². The molecule has 0 atom stereocenters. The first kappa shape index (κ1) is 13.4. The van der Waals surface area contributed by atoms with Gasteiger partial charge in [-0.1, -0.05) is 37.6 Å². The van der Waals surface area contributed by atoms with E-state index in [-0.39, 0.29) is 11.7 Å². The normalized spacial score (nSPS) is 11.0. The minimum absolute atomic E-state index is 0.201. The lowest BCUT2D eigenvalue weighted by Crippen LogP contribution is -2.00. The van der Waals surface area contributed by atoms with Crippen molar-refractivity contribution in [2.24, 2.45) is 0 Å². The van der Waals surface area contributed by atoms with Gasteiger partial charge in [0.05, 0.1) is 10.2 Å². The molecule has 0 aliphatic heterocycles. The second kappa shape index (κ2) is 5.33. The Morgan fingerprint density at radius 1 is 1.28 bits per heavy atom. The Labute approximate surface area is 118 Å². The van der Waals surface area contributed by atoms with E-state index in [1.54, 1.807) is 12.1 Å². The fraction of sp³-hybridized carbons (Fsp3) is 0.231. The summed E-state index contributed by atoms with van der Waals surface area (Å²) in [5, 5.41) is 0.341. The van der Waals surface area contributed by atoms with Crippen LogP contribution in [0.5, 0.6) is 0 Å². The van der Waals surface area contributed by atoms with Gasteiger partial charge in [-0.15, -0.1) is 0 Å². The van der Waals surface area contributed by atoms with Crippen LogP contribution in [-0.4, -0.2) is 9.97 Å². The van der Waals surface area contributed by atoms with Gasteiger partial charge in [0.15, 0.2) is 5.82 Å². The summed E-state index contributed by atoms with van der Waals surface area (Å²) in [6, 6.07) is 6.16. The third-order valence-corrected chi connectivity index (χ3v) is 3.75. The molecule has 94 valence electrons. The molecule has 0 aliphatic rings. The van der Waals surface area contributed by atoms with Crippen LogP contribution < -0.4 is 0 Å². The van der Waals surface area contributed by atoms with Gasteiger partial charge in [-0.2, -0.15) is 0 Å². The van der Waals surface area contributed by atoms with Crippen molar-refractivity contribution in [2.45, 2.75) is 19.8 Å². The fourth-order valence-corrected chi connectivity index (χ4v) is 2.39. The molecule has 18 heavy (non-hydrogen) atoms. The van der Waals surface area contributed by atoms with E-state index in [1.807, 2.05) is 13.8 Å². The van der Waals surface area contributed by atoms with E-state index in [2.05, 4.69) is 25.9 Å². The van der Waals surface area contributed by atoms with Crippen LogP contribution >= 0.6 is 27.5 Å². The van der Waals surface area contributed by atoms with E-state index >= 15 is 0 Å². The fourth-order valence-electron chi connectivity index (χ4n) is 1.58. The molecule has 0 saturated heterocycles. The molecule has 0 fully saturated rings. The Bertz CT molecular complexity index is 587. The molecule has 0 bridgehead atoms. The van der Waals surface area contributed by atoms with Gasteiger partial charge in [-0.05, 0) is 34.0 Å². The van der Waals surface area contributed by atoms with E-state index < -0.39 is 0 Å². The largest absolute Gasteiger partial charge is 0.232 e. The third-order valence-electron chi connectivity index (χ3n) is 2.47. The van der Waals surface area contributed by atoms with E-state index in [0.29, 0.717) is 21.0 Å². The molecule has 0 aliphatic carbocycles. The lowest BCUT2D eigenvalue weighted by atomic mass is 10.1. The zero-order valence-corrected chi connectivity index (χ0v) is 12.3. The average molecular weight is 330 g/mol. The Morgan fingerprint density at radius 2 is 2.00 bits per heavy atom. The number of halogens is 3. The van der Waals surface area contributed by atoms with Gasteiger partial charge < -0.3 is 0 Å². The molecule has 2 aromatic rings. The summed E-state index contributed by atoms with van der Waals surface area (Å²) in [5.41, 5.74) is 1.43. The second-order valence-electron chi connectivity index (χ2n) is 4.20. The number of benzene rings is 1. The molecule has 0 N–H and O–H groups in total. The first-order valence-corrected chi connectivity index (χ1v) is 6.65. The van der Waals surface area contributed by atoms with Gasteiger partial charge in [0.25, 0.3) is 0 Å². The summed E-state index contributed by atoms with van der Waals surface area (Å²) < 4.78 is 13.9. The second-order valence-corrected chi connectivity index (χ2v) is 5.35. The van der Waals surface area contributed by atoms with E-state index in [0.717, 1.165) is 5.69 Å². The van der Waals surface area contributed by atoms with Crippen molar-refractivity contribution in [1.82, 2.24) is 9.97 Å². The highest BCUT2D eigenvalue weighted by atomic mass is 79.9. The van der Waals surface area contributed by atoms with Gasteiger partial charge in [-0.3, -0.25) is 0 Å². The Hall–Kier alpha value is -1.00. The summed E-state index contributed by atoms with van der Waals surface area (Å²) in [6.07, 6.45) is 0. The minimum atomic E-state index is -0.318. The lowest BCUT2D eigenvalue weighted by molar-refractivity contribution is 0.628. The molecule has 0 unspecified atom stereocenters. The van der Waals surface area contributed by atoms with Gasteiger partial charge in [0, 0.05) is 5.56 Å². The average Bonchev–Trinajstić information content (AvgIpc) is 2.32. The van der Waals surface area contributed by atoms with Crippen LogP contribution in [0.15, 0.2) is 28.7 Å². The predicted molar refractivity (Wildman–Crippen MR) is 74.2 cm³/mol. The standard InChI is InChI=1S/C13H11BrClFN2/c1-7(2)11-10(14)12(15)18-13(17-11)8-4-3-5-9(16)6-8/h3-7H,1-2H3. The molecule has 1 aromatic carbocycles. The summed E-state index contributed by atoms with van der Waals surface area (Å²) in [6.45, 7) is 4.03. The summed E-state index contributed by atoms with van der Waals surface area (Å²) in [4.78, 5) is 8.60. The number of rotatable bonds is 2. The zero-order chi connectivity index (χ0) is 13.3. The van der Waals surface area contributed by atoms with Crippen molar-refractivity contribution in [3.05, 3.63) is 45.4 Å². The van der Waals surface area contributed by atoms with Crippen molar-refractivity contribution < 1.29 is 4.39 Å². The van der Waals surface area contributed by atoms with Crippen molar-refractivity contribution in [1.29, 1.82) is 0 Å². The summed E-state index contributed by atoms with van der Waals surface area (Å²) >= 11 is 9.43. The molecule has 5 heteroatoms. The Kier molecular flexibility index (Phi) is 3.97. The number of aromatic nitrogens is 2. The quantitative estimate of drug-likeness (QED) is 0.738. The first-order valence-electron chi connectivity index (χ1n) is 5.48. The van der Waals surface area contributed by atoms with Crippen LogP contribution in [0.1, 0.15) is 25.5 Å². The highest BCUT2D eigenvalue weighted by Gasteiger charge is 2.14. The van der Waals surface area contributed by atoms with Gasteiger partial charge in [0.1, 0.15) is 11.0 Å². The molecular formula is C13H11BrClFN2. The SMILES string of the molecule is CC(C)c1nc(-c2cccc(F)c2)nc(Cl)c1Br. The molecule has 0 spiro atoms. The van der Waals surface area contributed by atoms with Crippen LogP contribution in [0.4, 0.5) is 4.39 Å². The van der Waals surface area contributed by atoms with E-state index in [9.17, 15) is 4.39 Å². The number of hydrogen-bond donors (Lipinski definition) is 0. The van der Waals surface area contributed by atoms with E-state index in [1.165, 1.54) is 12.1 Å². The van der Waals surface area contributed by atoms with Crippen molar-refractivity contribution in [3.8, 4) is 11.4 Å². The maximum Gasteiger partial charge on any atom is 0.161 e. The molecule has 0 saturated carbocycles. The smallest absolute Gasteiger partial charge is 0.161 e. The first-order chi connectivity index (χ1) is 8.49. The molecule has 1 heterocycles. The number of nitrogens with zero attached hydrogens (tertiary/aromatic N) is 2. The predicted octanol–water partition coefficient (Wildman–Crippen LogP) is 4.82. The van der Waals surface area contributed by atoms with Crippen molar-refractivity contribution in [2.75, 3.05) is 0 Å². The molecule has 2 nitrogen and oxygen atoms in total. The van der Waals surface area contributed by atoms with Crippen molar-refractivity contribution >= 4 is 27.5 Å². The van der Waals surface area contributed by atoms with Gasteiger partial charge in [-0.25, -0.2) is 14.4 Å². The molecule has 2 rings (SSSR count).